The standard InChI is InChI=1S/C7H17NO5.CH2OS2/c1-8-2-4(10)6(12)7(13)5(11)3-9;2-1(3)4/h4-13H,2-3H2,1H3;(H2,2,3,4)/t4-,5+,6+,7+;/m0./s1. The molecule has 0 aromatic heterocycles. The molecule has 4 atom stereocenters. The fraction of sp³-hybridized carbons (Fsp3) is 0.875. The molecule has 0 amide bonds. The summed E-state index contributed by atoms with van der Waals surface area (Å²) in [4.78, 5) is 9.17. The van der Waals surface area contributed by atoms with Crippen LogP contribution in [0.25, 0.3) is 0 Å². The van der Waals surface area contributed by atoms with Gasteiger partial charge in [0.15, 0.2) is 0 Å². The number of nitrogens with one attached hydrogen (secondary N) is 1. The Kier molecular flexibility index (Phi) is 12.9. The van der Waals surface area contributed by atoms with Crippen molar-refractivity contribution in [2.45, 2.75) is 24.4 Å². The summed E-state index contributed by atoms with van der Waals surface area (Å²) in [5.74, 6) is 0. The van der Waals surface area contributed by atoms with E-state index in [1.54, 1.807) is 7.05 Å². The van der Waals surface area contributed by atoms with E-state index in [1.165, 1.54) is 0 Å². The Morgan fingerprint density at radius 3 is 1.76 bits per heavy atom. The van der Waals surface area contributed by atoms with Crippen LogP contribution in [0.5, 0.6) is 0 Å². The largest absolute Gasteiger partial charge is 0.394 e. The Bertz CT molecular complexity index is 204. The molecule has 9 heteroatoms. The normalized spacial score (nSPS) is 17.4. The lowest BCUT2D eigenvalue weighted by molar-refractivity contribution is -0.113. The van der Waals surface area contributed by atoms with E-state index < -0.39 is 35.5 Å². The van der Waals surface area contributed by atoms with E-state index in [9.17, 15) is 9.90 Å². The zero-order valence-corrected chi connectivity index (χ0v) is 11.1. The Balaban J connectivity index is 0. The van der Waals surface area contributed by atoms with Crippen LogP contribution < -0.4 is 5.32 Å². The van der Waals surface area contributed by atoms with E-state index in [-0.39, 0.29) is 6.54 Å². The molecule has 0 bridgehead atoms. The molecular weight excluding hydrogens is 270 g/mol. The van der Waals surface area contributed by atoms with Crippen LogP contribution in [0.15, 0.2) is 0 Å². The molecule has 0 rings (SSSR count). The third-order valence-corrected chi connectivity index (χ3v) is 1.74. The average molecular weight is 289 g/mol. The minimum Gasteiger partial charge on any atom is -0.394 e. The number of carbonyl (C=O) groups is 1. The van der Waals surface area contributed by atoms with Crippen molar-refractivity contribution in [1.29, 1.82) is 0 Å². The van der Waals surface area contributed by atoms with Gasteiger partial charge in [-0.2, -0.15) is 0 Å². The van der Waals surface area contributed by atoms with Crippen LogP contribution in [-0.4, -0.2) is 74.6 Å². The van der Waals surface area contributed by atoms with E-state index in [2.05, 4.69) is 30.6 Å². The molecule has 0 aliphatic rings. The number of rotatable bonds is 6. The second-order valence-electron chi connectivity index (χ2n) is 3.14. The van der Waals surface area contributed by atoms with E-state index in [1.807, 2.05) is 0 Å². The van der Waals surface area contributed by atoms with Gasteiger partial charge in [0.1, 0.15) is 18.3 Å². The summed E-state index contributed by atoms with van der Waals surface area (Å²) < 4.78 is -0.444. The first-order valence-corrected chi connectivity index (χ1v) is 5.56. The number of thiol groups is 2. The van der Waals surface area contributed by atoms with Crippen molar-refractivity contribution >= 4 is 29.7 Å². The number of aliphatic hydroxyl groups is 5. The van der Waals surface area contributed by atoms with Crippen molar-refractivity contribution in [3.8, 4) is 0 Å². The maximum absolute atomic E-state index is 9.21. The third kappa shape index (κ3) is 11.0. The smallest absolute Gasteiger partial charge is 0.239 e. The van der Waals surface area contributed by atoms with Gasteiger partial charge in [0.2, 0.25) is 4.45 Å². The zero-order valence-electron chi connectivity index (χ0n) is 9.26. The van der Waals surface area contributed by atoms with Crippen molar-refractivity contribution in [2.24, 2.45) is 0 Å². The Labute approximate surface area is 110 Å². The molecule has 0 aliphatic carbocycles. The molecule has 104 valence electrons. The Morgan fingerprint density at radius 1 is 1.12 bits per heavy atom. The molecule has 0 spiro atoms. The summed E-state index contributed by atoms with van der Waals surface area (Å²) >= 11 is 6.38. The van der Waals surface area contributed by atoms with Gasteiger partial charge in [0.05, 0.1) is 12.7 Å². The predicted octanol–water partition coefficient (Wildman–Crippen LogP) is -2.39. The average Bonchev–Trinajstić information content (AvgIpc) is 2.25. The van der Waals surface area contributed by atoms with E-state index in [0.717, 1.165) is 0 Å². The minimum atomic E-state index is -1.55. The van der Waals surface area contributed by atoms with Gasteiger partial charge in [0.25, 0.3) is 0 Å². The molecule has 0 unspecified atom stereocenters. The molecule has 7 nitrogen and oxygen atoms in total. The van der Waals surface area contributed by atoms with Gasteiger partial charge in [-0.1, -0.05) is 25.3 Å². The molecule has 6 N–H and O–H groups in total. The van der Waals surface area contributed by atoms with E-state index in [4.69, 9.17) is 20.4 Å². The molecule has 0 aromatic carbocycles. The van der Waals surface area contributed by atoms with Gasteiger partial charge in [-0.25, -0.2) is 0 Å². The molecule has 0 fully saturated rings. The highest BCUT2D eigenvalue weighted by molar-refractivity contribution is 8.23. The lowest BCUT2D eigenvalue weighted by atomic mass is 10.0. The van der Waals surface area contributed by atoms with Gasteiger partial charge in [-0.05, 0) is 7.05 Å². The van der Waals surface area contributed by atoms with Crippen molar-refractivity contribution in [3.05, 3.63) is 0 Å². The van der Waals surface area contributed by atoms with Crippen molar-refractivity contribution in [1.82, 2.24) is 5.32 Å². The molecule has 0 aliphatic heterocycles. The molecular formula is C8H19NO6S2. The first-order chi connectivity index (χ1) is 7.77. The van der Waals surface area contributed by atoms with Gasteiger partial charge in [0, 0.05) is 6.54 Å². The highest BCUT2D eigenvalue weighted by atomic mass is 32.2. The minimum absolute atomic E-state index is 0.0936. The Hall–Kier alpha value is 0.130. The highest BCUT2D eigenvalue weighted by Gasteiger charge is 2.29. The maximum atomic E-state index is 9.21. The van der Waals surface area contributed by atoms with Crippen LogP contribution in [0.1, 0.15) is 0 Å². The van der Waals surface area contributed by atoms with Crippen molar-refractivity contribution in [3.63, 3.8) is 0 Å². The van der Waals surface area contributed by atoms with Crippen LogP contribution in [-0.2, 0) is 0 Å². The summed E-state index contributed by atoms with van der Waals surface area (Å²) in [7, 11) is 1.57. The van der Waals surface area contributed by atoms with E-state index in [0.29, 0.717) is 0 Å². The topological polar surface area (TPSA) is 130 Å². The second kappa shape index (κ2) is 11.2. The van der Waals surface area contributed by atoms with E-state index >= 15 is 0 Å². The Morgan fingerprint density at radius 2 is 1.47 bits per heavy atom. The molecule has 0 heterocycles. The van der Waals surface area contributed by atoms with Gasteiger partial charge in [-0.15, -0.1) is 0 Å². The summed E-state index contributed by atoms with van der Waals surface area (Å²) in [6.45, 7) is -0.569. The van der Waals surface area contributed by atoms with Gasteiger partial charge >= 0.3 is 0 Å². The van der Waals surface area contributed by atoms with Gasteiger partial charge in [-0.3, -0.25) is 4.79 Å². The third-order valence-electron chi connectivity index (χ3n) is 1.74. The van der Waals surface area contributed by atoms with Crippen LogP contribution in [0.4, 0.5) is 4.79 Å². The van der Waals surface area contributed by atoms with Crippen LogP contribution in [0.2, 0.25) is 0 Å². The lowest BCUT2D eigenvalue weighted by Crippen LogP contribution is -2.48. The summed E-state index contributed by atoms with van der Waals surface area (Å²) in [5.41, 5.74) is 0. The fourth-order valence-electron chi connectivity index (χ4n) is 0.893. The summed E-state index contributed by atoms with van der Waals surface area (Å²) in [6.07, 6.45) is -5.65. The number of carbonyl (C=O) groups excluding carboxylic acids is 1. The van der Waals surface area contributed by atoms with Crippen LogP contribution in [0.3, 0.4) is 0 Å². The summed E-state index contributed by atoms with van der Waals surface area (Å²) in [6, 6.07) is 0. The maximum Gasteiger partial charge on any atom is 0.239 e. The SMILES string of the molecule is CNC[C@H](O)[C@@H](O)[C@H](O)[C@H](O)CO.O=C(S)S. The van der Waals surface area contributed by atoms with Gasteiger partial charge < -0.3 is 30.8 Å². The molecule has 17 heavy (non-hydrogen) atoms. The molecule has 0 saturated carbocycles. The fourth-order valence-corrected chi connectivity index (χ4v) is 0.893. The van der Waals surface area contributed by atoms with Crippen molar-refractivity contribution < 1.29 is 30.3 Å². The number of hydrogen-bond donors (Lipinski definition) is 8. The summed E-state index contributed by atoms with van der Waals surface area (Å²) in [5, 5.41) is 47.5. The van der Waals surface area contributed by atoms with Crippen LogP contribution in [0, 0.1) is 0 Å². The molecule has 0 saturated heterocycles. The number of likely N-dealkylation sites (N-methyl/N-ethyl adjacent to an activating group) is 1. The first kappa shape index (κ1) is 19.5. The lowest BCUT2D eigenvalue weighted by Gasteiger charge is -2.25. The highest BCUT2D eigenvalue weighted by Crippen LogP contribution is 2.04. The molecule has 0 aromatic rings. The number of hydrogen-bond acceptors (Lipinski definition) is 7. The quantitative estimate of drug-likeness (QED) is 0.256. The predicted molar refractivity (Wildman–Crippen MR) is 68.4 cm³/mol. The molecule has 0 radical (unpaired) electrons. The first-order valence-electron chi connectivity index (χ1n) is 4.67. The second-order valence-corrected chi connectivity index (χ2v) is 4.30. The monoisotopic (exact) mass is 289 g/mol. The van der Waals surface area contributed by atoms with Crippen LogP contribution >= 0.6 is 25.3 Å². The number of aliphatic hydroxyl groups excluding tert-OH is 5. The zero-order chi connectivity index (χ0) is 14.0. The van der Waals surface area contributed by atoms with Crippen molar-refractivity contribution in [2.75, 3.05) is 20.2 Å².